The van der Waals surface area contributed by atoms with Gasteiger partial charge < -0.3 is 5.73 Å². The SMILES string of the molecule is CC(C)SCC1=NS(=O)(=O)C(N)=C1. The van der Waals surface area contributed by atoms with Crippen LogP contribution in [0.1, 0.15) is 13.8 Å². The van der Waals surface area contributed by atoms with Gasteiger partial charge in [-0.25, -0.2) is 0 Å². The number of thioether (sulfide) groups is 1. The highest BCUT2D eigenvalue weighted by Gasteiger charge is 2.21. The minimum Gasteiger partial charge on any atom is -0.388 e. The third-order valence-electron chi connectivity index (χ3n) is 1.41. The summed E-state index contributed by atoms with van der Waals surface area (Å²) in [6, 6.07) is 0. The first kappa shape index (κ1) is 10.6. The molecule has 0 aliphatic carbocycles. The molecule has 0 atom stereocenters. The molecular formula is C7H12N2O2S2. The van der Waals surface area contributed by atoms with Gasteiger partial charge in [0.2, 0.25) is 0 Å². The Balaban J connectivity index is 2.67. The Morgan fingerprint density at radius 1 is 1.62 bits per heavy atom. The second-order valence-corrected chi connectivity index (χ2v) is 6.13. The maximum absolute atomic E-state index is 11.0. The molecule has 0 unspecified atom stereocenters. The zero-order valence-corrected chi connectivity index (χ0v) is 9.15. The van der Waals surface area contributed by atoms with Crippen LogP contribution in [-0.4, -0.2) is 25.1 Å². The number of nitrogens with two attached hydrogens (primary N) is 1. The quantitative estimate of drug-likeness (QED) is 0.760. The number of hydrogen-bond acceptors (Lipinski definition) is 4. The molecule has 2 N–H and O–H groups in total. The number of allylic oxidation sites excluding steroid dienone is 1. The van der Waals surface area contributed by atoms with Gasteiger partial charge in [-0.05, 0) is 11.3 Å². The number of rotatable bonds is 3. The lowest BCUT2D eigenvalue weighted by molar-refractivity contribution is 0.604. The minimum atomic E-state index is -3.51. The van der Waals surface area contributed by atoms with Gasteiger partial charge in [0.1, 0.15) is 0 Å². The monoisotopic (exact) mass is 220 g/mol. The Kier molecular flexibility index (Phi) is 3.02. The highest BCUT2D eigenvalue weighted by molar-refractivity contribution is 8.00. The fourth-order valence-electron chi connectivity index (χ4n) is 0.792. The summed E-state index contributed by atoms with van der Waals surface area (Å²) >= 11 is 1.64. The Bertz CT molecular complexity index is 355. The summed E-state index contributed by atoms with van der Waals surface area (Å²) in [6.45, 7) is 4.09. The van der Waals surface area contributed by atoms with Crippen LogP contribution in [0.4, 0.5) is 0 Å². The van der Waals surface area contributed by atoms with Crippen LogP contribution >= 0.6 is 11.8 Å². The molecule has 0 aromatic carbocycles. The summed E-state index contributed by atoms with van der Waals surface area (Å²) in [4.78, 5) is 0. The second kappa shape index (κ2) is 3.71. The minimum absolute atomic E-state index is 0.146. The van der Waals surface area contributed by atoms with E-state index >= 15 is 0 Å². The molecule has 1 aliphatic rings. The average Bonchev–Trinajstić information content (AvgIpc) is 2.22. The third-order valence-corrected chi connectivity index (χ3v) is 3.73. The molecule has 1 aliphatic heterocycles. The highest BCUT2D eigenvalue weighted by Crippen LogP contribution is 2.16. The first-order valence-corrected chi connectivity index (χ1v) is 6.33. The molecule has 0 saturated carbocycles. The van der Waals surface area contributed by atoms with Gasteiger partial charge >= 0.3 is 0 Å². The summed E-state index contributed by atoms with van der Waals surface area (Å²) in [7, 11) is -3.51. The Morgan fingerprint density at radius 2 is 2.23 bits per heavy atom. The summed E-state index contributed by atoms with van der Waals surface area (Å²) in [6.07, 6.45) is 1.42. The van der Waals surface area contributed by atoms with E-state index in [1.807, 2.05) is 13.8 Å². The van der Waals surface area contributed by atoms with E-state index in [9.17, 15) is 8.42 Å². The van der Waals surface area contributed by atoms with Gasteiger partial charge in [0.05, 0.1) is 5.71 Å². The van der Waals surface area contributed by atoms with Gasteiger partial charge in [-0.2, -0.15) is 24.6 Å². The number of nitrogens with zero attached hydrogens (tertiary/aromatic N) is 1. The van der Waals surface area contributed by atoms with Crippen LogP contribution < -0.4 is 5.73 Å². The van der Waals surface area contributed by atoms with E-state index in [1.54, 1.807) is 11.8 Å². The van der Waals surface area contributed by atoms with Crippen LogP contribution in [0.3, 0.4) is 0 Å². The standard InChI is InChI=1S/C7H12N2O2S2/c1-5(2)12-4-6-3-7(8)13(10,11)9-6/h3,5H,4,8H2,1-2H3. The zero-order chi connectivity index (χ0) is 10.1. The van der Waals surface area contributed by atoms with Crippen LogP contribution in [-0.2, 0) is 10.0 Å². The molecule has 1 rings (SSSR count). The molecule has 6 heteroatoms. The predicted octanol–water partition coefficient (Wildman–Crippen LogP) is 0.713. The van der Waals surface area contributed by atoms with Crippen molar-refractivity contribution in [1.29, 1.82) is 0 Å². The van der Waals surface area contributed by atoms with Crippen molar-refractivity contribution in [2.45, 2.75) is 19.1 Å². The lowest BCUT2D eigenvalue weighted by atomic mass is 10.4. The molecule has 1 heterocycles. The summed E-state index contributed by atoms with van der Waals surface area (Å²) in [5.41, 5.74) is 5.80. The van der Waals surface area contributed by atoms with Crippen LogP contribution in [0.2, 0.25) is 0 Å². The molecule has 0 aromatic heterocycles. The van der Waals surface area contributed by atoms with Crippen molar-refractivity contribution in [3.8, 4) is 0 Å². The van der Waals surface area contributed by atoms with Crippen molar-refractivity contribution in [2.75, 3.05) is 5.75 Å². The zero-order valence-electron chi connectivity index (χ0n) is 7.52. The summed E-state index contributed by atoms with van der Waals surface area (Å²) in [5, 5.41) is 0.312. The predicted molar refractivity (Wildman–Crippen MR) is 56.2 cm³/mol. The first-order chi connectivity index (χ1) is 5.92. The molecule has 0 radical (unpaired) electrons. The molecule has 0 bridgehead atoms. The molecule has 0 fully saturated rings. The van der Waals surface area contributed by atoms with Gasteiger partial charge in [-0.3, -0.25) is 0 Å². The molecule has 0 spiro atoms. The van der Waals surface area contributed by atoms with Crippen molar-refractivity contribution in [3.05, 3.63) is 11.1 Å². The van der Waals surface area contributed by atoms with E-state index < -0.39 is 10.0 Å². The highest BCUT2D eigenvalue weighted by atomic mass is 32.2. The first-order valence-electron chi connectivity index (χ1n) is 3.84. The lowest BCUT2D eigenvalue weighted by Crippen LogP contribution is -2.04. The van der Waals surface area contributed by atoms with Gasteiger partial charge in [0.25, 0.3) is 10.0 Å². The Labute approximate surface area is 82.4 Å². The van der Waals surface area contributed by atoms with E-state index in [0.717, 1.165) is 0 Å². The van der Waals surface area contributed by atoms with Crippen molar-refractivity contribution < 1.29 is 8.42 Å². The smallest absolute Gasteiger partial charge is 0.297 e. The maximum atomic E-state index is 11.0. The van der Waals surface area contributed by atoms with Gasteiger partial charge in [-0.1, -0.05) is 13.8 Å². The van der Waals surface area contributed by atoms with E-state index in [1.165, 1.54) is 6.08 Å². The lowest BCUT2D eigenvalue weighted by Gasteiger charge is -2.01. The maximum Gasteiger partial charge on any atom is 0.297 e. The molecule has 0 amide bonds. The number of hydrogen-bond donors (Lipinski definition) is 1. The molecule has 13 heavy (non-hydrogen) atoms. The fourth-order valence-corrected chi connectivity index (χ4v) is 2.34. The van der Waals surface area contributed by atoms with Gasteiger partial charge in [0.15, 0.2) is 5.03 Å². The molecule has 4 nitrogen and oxygen atoms in total. The van der Waals surface area contributed by atoms with Gasteiger partial charge in [-0.15, -0.1) is 0 Å². The van der Waals surface area contributed by atoms with Crippen molar-refractivity contribution >= 4 is 27.5 Å². The number of sulfonamides is 1. The normalized spacial score (nSPS) is 20.2. The summed E-state index contributed by atoms with van der Waals surface area (Å²) < 4.78 is 25.6. The van der Waals surface area contributed by atoms with E-state index in [-0.39, 0.29) is 5.03 Å². The van der Waals surface area contributed by atoms with Gasteiger partial charge in [0, 0.05) is 5.75 Å². The van der Waals surface area contributed by atoms with Crippen LogP contribution in [0.25, 0.3) is 0 Å². The average molecular weight is 220 g/mol. The largest absolute Gasteiger partial charge is 0.388 e. The third kappa shape index (κ3) is 2.73. The second-order valence-electron chi connectivity index (χ2n) is 2.96. The fraction of sp³-hybridized carbons (Fsp3) is 0.571. The van der Waals surface area contributed by atoms with Crippen LogP contribution in [0.15, 0.2) is 15.5 Å². The molecule has 74 valence electrons. The van der Waals surface area contributed by atoms with Crippen molar-refractivity contribution in [2.24, 2.45) is 10.1 Å². The Hall–Kier alpha value is -0.490. The van der Waals surface area contributed by atoms with E-state index in [4.69, 9.17) is 5.73 Å². The van der Waals surface area contributed by atoms with Crippen LogP contribution in [0, 0.1) is 0 Å². The molecular weight excluding hydrogens is 208 g/mol. The molecule has 0 aromatic rings. The van der Waals surface area contributed by atoms with E-state index in [0.29, 0.717) is 16.7 Å². The Morgan fingerprint density at radius 3 is 2.62 bits per heavy atom. The van der Waals surface area contributed by atoms with Crippen molar-refractivity contribution in [1.82, 2.24) is 0 Å². The van der Waals surface area contributed by atoms with Crippen molar-refractivity contribution in [3.63, 3.8) is 0 Å². The molecule has 0 saturated heterocycles. The summed E-state index contributed by atoms with van der Waals surface area (Å²) in [5.74, 6) is 0.595. The topological polar surface area (TPSA) is 72.5 Å². The van der Waals surface area contributed by atoms with E-state index in [2.05, 4.69) is 4.40 Å². The van der Waals surface area contributed by atoms with Crippen LogP contribution in [0.5, 0.6) is 0 Å².